The van der Waals surface area contributed by atoms with Gasteiger partial charge >= 0.3 is 0 Å². The number of amides is 1. The van der Waals surface area contributed by atoms with Gasteiger partial charge < -0.3 is 19.9 Å². The molecule has 0 saturated carbocycles. The first-order valence-electron chi connectivity index (χ1n) is 10.4. The second-order valence-electron chi connectivity index (χ2n) is 7.21. The van der Waals surface area contributed by atoms with E-state index in [4.69, 9.17) is 9.47 Å². The second-order valence-corrected chi connectivity index (χ2v) is 8.16. The van der Waals surface area contributed by atoms with Gasteiger partial charge in [0.2, 0.25) is 11.1 Å². The largest absolute Gasteiger partial charge is 0.508 e. The number of hydrogen-bond acceptors (Lipinski definition) is 8. The Morgan fingerprint density at radius 1 is 1.03 bits per heavy atom. The molecule has 0 spiro atoms. The molecule has 4 aromatic rings. The Morgan fingerprint density at radius 2 is 1.82 bits per heavy atom. The minimum absolute atomic E-state index is 0.147. The number of thioether (sulfide) groups is 1. The van der Waals surface area contributed by atoms with E-state index in [0.717, 1.165) is 11.1 Å². The maximum Gasteiger partial charge on any atom is 0.230 e. The fourth-order valence-corrected chi connectivity index (χ4v) is 3.80. The number of phenols is 1. The zero-order valence-corrected chi connectivity index (χ0v) is 19.2. The minimum atomic E-state index is -0.159. The molecule has 4 rings (SSSR count). The van der Waals surface area contributed by atoms with Crippen LogP contribution < -0.4 is 14.8 Å². The average Bonchev–Trinajstić information content (AvgIpc) is 3.35. The molecule has 0 aliphatic carbocycles. The van der Waals surface area contributed by atoms with Crippen LogP contribution in [0, 0.1) is 0 Å². The van der Waals surface area contributed by atoms with Gasteiger partial charge in [0, 0.05) is 6.54 Å². The third-order valence-corrected chi connectivity index (χ3v) is 5.74. The minimum Gasteiger partial charge on any atom is -0.508 e. The molecule has 174 valence electrons. The highest BCUT2D eigenvalue weighted by atomic mass is 32.2. The molecule has 0 radical (unpaired) electrons. The van der Waals surface area contributed by atoms with Crippen LogP contribution >= 0.6 is 11.8 Å². The lowest BCUT2D eigenvalue weighted by Gasteiger charge is -2.13. The summed E-state index contributed by atoms with van der Waals surface area (Å²) >= 11 is 1.22. The van der Waals surface area contributed by atoms with Crippen molar-refractivity contribution in [3.63, 3.8) is 0 Å². The number of tetrazole rings is 1. The smallest absolute Gasteiger partial charge is 0.230 e. The topological polar surface area (TPSA) is 111 Å². The van der Waals surface area contributed by atoms with E-state index in [2.05, 4.69) is 20.8 Å². The molecule has 0 saturated heterocycles. The van der Waals surface area contributed by atoms with E-state index in [0.29, 0.717) is 35.5 Å². The fraction of sp³-hybridized carbons (Fsp3) is 0.167. The molecule has 9 nitrogen and oxygen atoms in total. The number of aromatic nitrogens is 4. The van der Waals surface area contributed by atoms with Gasteiger partial charge in [0.1, 0.15) is 12.4 Å². The van der Waals surface area contributed by atoms with E-state index in [1.54, 1.807) is 31.4 Å². The lowest BCUT2D eigenvalue weighted by molar-refractivity contribution is -0.118. The van der Waals surface area contributed by atoms with Crippen LogP contribution in [0.2, 0.25) is 0 Å². The number of aromatic hydroxyl groups is 1. The monoisotopic (exact) mass is 477 g/mol. The lowest BCUT2D eigenvalue weighted by atomic mass is 10.2. The Morgan fingerprint density at radius 3 is 2.59 bits per heavy atom. The van der Waals surface area contributed by atoms with Gasteiger partial charge in [-0.1, -0.05) is 48.2 Å². The van der Waals surface area contributed by atoms with Crippen molar-refractivity contribution in [2.24, 2.45) is 0 Å². The molecule has 1 aromatic heterocycles. The first-order chi connectivity index (χ1) is 16.6. The Bertz CT molecular complexity index is 1230. The fourth-order valence-electron chi connectivity index (χ4n) is 3.08. The summed E-state index contributed by atoms with van der Waals surface area (Å²) in [6, 6.07) is 21.9. The van der Waals surface area contributed by atoms with Gasteiger partial charge in [-0.25, -0.2) is 0 Å². The van der Waals surface area contributed by atoms with Gasteiger partial charge in [-0.2, -0.15) is 4.68 Å². The number of methoxy groups -OCH3 is 1. The highest BCUT2D eigenvalue weighted by Crippen LogP contribution is 2.29. The zero-order chi connectivity index (χ0) is 23.8. The molecule has 2 N–H and O–H groups in total. The third kappa shape index (κ3) is 6.04. The molecular formula is C24H23N5O4S. The van der Waals surface area contributed by atoms with Crippen molar-refractivity contribution < 1.29 is 19.4 Å². The molecule has 1 heterocycles. The summed E-state index contributed by atoms with van der Waals surface area (Å²) in [6.45, 7) is 0.783. The maximum atomic E-state index is 12.4. The van der Waals surface area contributed by atoms with Crippen LogP contribution in [0.15, 0.2) is 78.0 Å². The molecule has 3 aromatic carbocycles. The zero-order valence-electron chi connectivity index (χ0n) is 18.4. The molecular weight excluding hydrogens is 454 g/mol. The van der Waals surface area contributed by atoms with Gasteiger partial charge in [-0.3, -0.25) is 4.79 Å². The molecule has 1 amide bonds. The van der Waals surface area contributed by atoms with Gasteiger partial charge in [0.15, 0.2) is 11.5 Å². The van der Waals surface area contributed by atoms with E-state index >= 15 is 0 Å². The van der Waals surface area contributed by atoms with Crippen LogP contribution in [-0.2, 0) is 17.9 Å². The first kappa shape index (κ1) is 23.1. The number of benzene rings is 3. The number of ether oxygens (including phenoxy) is 2. The van der Waals surface area contributed by atoms with Crippen LogP contribution in [0.1, 0.15) is 11.1 Å². The number of carbonyl (C=O) groups excluding carboxylic acids is 1. The Balaban J connectivity index is 1.29. The number of nitrogens with zero attached hydrogens (tertiary/aromatic N) is 4. The van der Waals surface area contributed by atoms with Gasteiger partial charge in [-0.15, -0.1) is 5.10 Å². The quantitative estimate of drug-likeness (QED) is 0.335. The number of phenolic OH excluding ortho intramolecular Hbond substituents is 1. The predicted molar refractivity (Wildman–Crippen MR) is 127 cm³/mol. The summed E-state index contributed by atoms with van der Waals surface area (Å²) in [6.07, 6.45) is 0. The van der Waals surface area contributed by atoms with Crippen molar-refractivity contribution in [1.82, 2.24) is 25.5 Å². The van der Waals surface area contributed by atoms with Crippen molar-refractivity contribution in [2.75, 3.05) is 12.9 Å². The van der Waals surface area contributed by atoms with Crippen LogP contribution in [0.25, 0.3) is 5.69 Å². The van der Waals surface area contributed by atoms with E-state index in [1.807, 2.05) is 48.5 Å². The predicted octanol–water partition coefficient (Wildman–Crippen LogP) is 3.36. The molecule has 10 heteroatoms. The lowest BCUT2D eigenvalue weighted by Crippen LogP contribution is -2.24. The summed E-state index contributed by atoms with van der Waals surface area (Å²) in [5, 5.41) is 24.4. The molecule has 34 heavy (non-hydrogen) atoms. The van der Waals surface area contributed by atoms with Crippen LogP contribution in [-0.4, -0.2) is 44.1 Å². The van der Waals surface area contributed by atoms with Crippen molar-refractivity contribution in [3.05, 3.63) is 83.9 Å². The number of hydrogen-bond donors (Lipinski definition) is 2. The Hall–Kier alpha value is -4.05. The van der Waals surface area contributed by atoms with Crippen LogP contribution in [0.3, 0.4) is 0 Å². The SMILES string of the molecule is COc1cc(CNC(=O)CSc2nnnn2-c2ccc(O)cc2)ccc1OCc1ccccc1. The Labute approximate surface area is 200 Å². The van der Waals surface area contributed by atoms with Gasteiger partial charge in [0.25, 0.3) is 0 Å². The van der Waals surface area contributed by atoms with Crippen LogP contribution in [0.4, 0.5) is 0 Å². The Kier molecular flexibility index (Phi) is 7.61. The first-order valence-corrected chi connectivity index (χ1v) is 11.4. The summed E-state index contributed by atoms with van der Waals surface area (Å²) < 4.78 is 12.8. The van der Waals surface area contributed by atoms with E-state index < -0.39 is 0 Å². The normalized spacial score (nSPS) is 10.6. The maximum absolute atomic E-state index is 12.4. The van der Waals surface area contributed by atoms with Crippen LogP contribution in [0.5, 0.6) is 17.2 Å². The van der Waals surface area contributed by atoms with Gasteiger partial charge in [0.05, 0.1) is 18.6 Å². The highest BCUT2D eigenvalue weighted by Gasteiger charge is 2.12. The average molecular weight is 478 g/mol. The summed E-state index contributed by atoms with van der Waals surface area (Å²) in [5.74, 6) is 1.38. The van der Waals surface area contributed by atoms with Crippen molar-refractivity contribution in [1.29, 1.82) is 0 Å². The third-order valence-electron chi connectivity index (χ3n) is 4.82. The molecule has 0 atom stereocenters. The molecule has 0 aliphatic rings. The summed E-state index contributed by atoms with van der Waals surface area (Å²) in [4.78, 5) is 12.4. The molecule has 0 aliphatic heterocycles. The molecule has 0 bridgehead atoms. The number of carbonyl (C=O) groups is 1. The number of nitrogens with one attached hydrogen (secondary N) is 1. The summed E-state index contributed by atoms with van der Waals surface area (Å²) in [7, 11) is 1.59. The second kappa shape index (κ2) is 11.2. The van der Waals surface area contributed by atoms with Crippen molar-refractivity contribution in [2.45, 2.75) is 18.3 Å². The standard InChI is InChI=1S/C24H23N5O4S/c1-32-22-13-18(7-12-21(22)33-15-17-5-3-2-4-6-17)14-25-23(31)16-34-24-26-27-28-29(24)19-8-10-20(30)11-9-19/h2-13,30H,14-16H2,1H3,(H,25,31). The van der Waals surface area contributed by atoms with E-state index in [1.165, 1.54) is 16.4 Å². The van der Waals surface area contributed by atoms with E-state index in [9.17, 15) is 9.90 Å². The number of rotatable bonds is 10. The van der Waals surface area contributed by atoms with Crippen molar-refractivity contribution >= 4 is 17.7 Å². The van der Waals surface area contributed by atoms with E-state index in [-0.39, 0.29) is 17.4 Å². The molecule has 0 fully saturated rings. The highest BCUT2D eigenvalue weighted by molar-refractivity contribution is 7.99. The van der Waals surface area contributed by atoms with Gasteiger partial charge in [-0.05, 0) is 58.0 Å². The molecule has 0 unspecified atom stereocenters. The van der Waals surface area contributed by atoms with Crippen molar-refractivity contribution in [3.8, 4) is 22.9 Å². The summed E-state index contributed by atoms with van der Waals surface area (Å²) in [5.41, 5.74) is 2.64.